The first-order chi connectivity index (χ1) is 6.31. The van der Waals surface area contributed by atoms with E-state index in [1.54, 1.807) is 6.07 Å². The maximum atomic E-state index is 9.65. The van der Waals surface area contributed by atoms with E-state index in [1.807, 2.05) is 12.1 Å². The van der Waals surface area contributed by atoms with Crippen molar-refractivity contribution in [1.82, 2.24) is 0 Å². The van der Waals surface area contributed by atoms with Crippen LogP contribution in [0.3, 0.4) is 0 Å². The SMILES string of the molecule is [C-]#[N+]c1ccc2c(c1)CCCC2O. The third kappa shape index (κ3) is 1.43. The zero-order valence-electron chi connectivity index (χ0n) is 7.33. The summed E-state index contributed by atoms with van der Waals surface area (Å²) in [5.41, 5.74) is 2.83. The van der Waals surface area contributed by atoms with Gasteiger partial charge < -0.3 is 5.11 Å². The van der Waals surface area contributed by atoms with Gasteiger partial charge in [-0.3, -0.25) is 0 Å². The fraction of sp³-hybridized carbons (Fsp3) is 0.364. The highest BCUT2D eigenvalue weighted by atomic mass is 16.3. The molecule has 2 nitrogen and oxygen atoms in total. The molecule has 1 aromatic rings. The van der Waals surface area contributed by atoms with Crippen LogP contribution >= 0.6 is 0 Å². The number of hydrogen-bond donors (Lipinski definition) is 1. The molecule has 0 aliphatic heterocycles. The quantitative estimate of drug-likeness (QED) is 0.599. The standard InChI is InChI=1S/C11H11NO/c1-12-9-5-6-10-8(7-9)3-2-4-11(10)13/h5-7,11,13H,2-4H2. The number of benzene rings is 1. The number of aliphatic hydroxyl groups is 1. The molecule has 1 aromatic carbocycles. The van der Waals surface area contributed by atoms with Crippen LogP contribution in [0.15, 0.2) is 18.2 Å². The van der Waals surface area contributed by atoms with E-state index in [0.717, 1.165) is 30.4 Å². The summed E-state index contributed by atoms with van der Waals surface area (Å²) in [6, 6.07) is 5.55. The van der Waals surface area contributed by atoms with Gasteiger partial charge >= 0.3 is 0 Å². The van der Waals surface area contributed by atoms with Crippen LogP contribution in [0.4, 0.5) is 5.69 Å². The molecule has 0 spiro atoms. The Bertz CT molecular complexity index is 365. The lowest BCUT2D eigenvalue weighted by atomic mass is 9.89. The molecule has 0 saturated heterocycles. The third-order valence-corrected chi connectivity index (χ3v) is 2.54. The Labute approximate surface area is 77.6 Å². The molecule has 1 atom stereocenters. The Morgan fingerprint density at radius 2 is 2.31 bits per heavy atom. The van der Waals surface area contributed by atoms with Crippen LogP contribution in [0.5, 0.6) is 0 Å². The molecule has 1 N–H and O–H groups in total. The number of rotatable bonds is 0. The Hall–Kier alpha value is -1.33. The highest BCUT2D eigenvalue weighted by molar-refractivity contribution is 5.50. The second-order valence-electron chi connectivity index (χ2n) is 3.40. The fourth-order valence-electron chi connectivity index (χ4n) is 1.84. The Morgan fingerprint density at radius 1 is 1.46 bits per heavy atom. The molecular weight excluding hydrogens is 162 g/mol. The van der Waals surface area contributed by atoms with Crippen LogP contribution in [-0.4, -0.2) is 5.11 Å². The fourth-order valence-corrected chi connectivity index (χ4v) is 1.84. The van der Waals surface area contributed by atoms with Gasteiger partial charge in [-0.1, -0.05) is 23.8 Å². The van der Waals surface area contributed by atoms with Crippen LogP contribution in [-0.2, 0) is 6.42 Å². The average molecular weight is 173 g/mol. The number of aliphatic hydroxyl groups excluding tert-OH is 1. The van der Waals surface area contributed by atoms with Crippen molar-refractivity contribution in [3.05, 3.63) is 40.7 Å². The summed E-state index contributed by atoms with van der Waals surface area (Å²) in [5, 5.41) is 9.65. The molecule has 66 valence electrons. The predicted octanol–water partition coefficient (Wildman–Crippen LogP) is 2.61. The smallest absolute Gasteiger partial charge is 0.187 e. The highest BCUT2D eigenvalue weighted by Gasteiger charge is 2.17. The molecule has 0 fully saturated rings. The molecule has 13 heavy (non-hydrogen) atoms. The molecule has 0 heterocycles. The van der Waals surface area contributed by atoms with Crippen LogP contribution in [0, 0.1) is 6.57 Å². The lowest BCUT2D eigenvalue weighted by molar-refractivity contribution is 0.156. The van der Waals surface area contributed by atoms with Crippen molar-refractivity contribution < 1.29 is 5.11 Å². The number of aryl methyl sites for hydroxylation is 1. The number of hydrogen-bond acceptors (Lipinski definition) is 1. The van der Waals surface area contributed by atoms with E-state index < -0.39 is 0 Å². The van der Waals surface area contributed by atoms with E-state index in [2.05, 4.69) is 4.85 Å². The minimum Gasteiger partial charge on any atom is -0.388 e. The number of fused-ring (bicyclic) bond motifs is 1. The molecule has 1 aliphatic rings. The predicted molar refractivity (Wildman–Crippen MR) is 50.6 cm³/mol. The Morgan fingerprint density at radius 3 is 3.08 bits per heavy atom. The summed E-state index contributed by atoms with van der Waals surface area (Å²) < 4.78 is 0. The maximum Gasteiger partial charge on any atom is 0.187 e. The highest BCUT2D eigenvalue weighted by Crippen LogP contribution is 2.31. The van der Waals surface area contributed by atoms with Crippen molar-refractivity contribution in [1.29, 1.82) is 0 Å². The van der Waals surface area contributed by atoms with Crippen LogP contribution in [0.1, 0.15) is 30.1 Å². The second-order valence-corrected chi connectivity index (χ2v) is 3.40. The molecule has 0 radical (unpaired) electrons. The maximum absolute atomic E-state index is 9.65. The molecule has 1 aliphatic carbocycles. The Balaban J connectivity index is 2.47. The first-order valence-electron chi connectivity index (χ1n) is 4.49. The van der Waals surface area contributed by atoms with Gasteiger partial charge in [0.25, 0.3) is 0 Å². The number of nitrogens with zero attached hydrogens (tertiary/aromatic N) is 1. The van der Waals surface area contributed by atoms with Crippen LogP contribution < -0.4 is 0 Å². The van der Waals surface area contributed by atoms with Gasteiger partial charge in [-0.25, -0.2) is 4.85 Å². The minimum atomic E-state index is -0.316. The van der Waals surface area contributed by atoms with Gasteiger partial charge in [0.2, 0.25) is 0 Å². The van der Waals surface area contributed by atoms with E-state index in [1.165, 1.54) is 0 Å². The topological polar surface area (TPSA) is 24.6 Å². The van der Waals surface area contributed by atoms with Crippen molar-refractivity contribution in [3.63, 3.8) is 0 Å². The largest absolute Gasteiger partial charge is 0.388 e. The molecule has 0 saturated carbocycles. The summed E-state index contributed by atoms with van der Waals surface area (Å²) in [6.07, 6.45) is 2.55. The lowest BCUT2D eigenvalue weighted by Crippen LogP contribution is -2.08. The van der Waals surface area contributed by atoms with Gasteiger partial charge in [0.05, 0.1) is 12.7 Å². The van der Waals surface area contributed by atoms with Gasteiger partial charge in [-0.15, -0.1) is 0 Å². The zero-order valence-corrected chi connectivity index (χ0v) is 7.33. The van der Waals surface area contributed by atoms with Crippen LogP contribution in [0.25, 0.3) is 4.85 Å². The summed E-state index contributed by atoms with van der Waals surface area (Å²) in [5.74, 6) is 0. The third-order valence-electron chi connectivity index (χ3n) is 2.54. The van der Waals surface area contributed by atoms with E-state index >= 15 is 0 Å². The van der Waals surface area contributed by atoms with E-state index in [4.69, 9.17) is 6.57 Å². The normalized spacial score (nSPS) is 20.5. The molecule has 2 rings (SSSR count). The van der Waals surface area contributed by atoms with Crippen molar-refractivity contribution in [3.8, 4) is 0 Å². The van der Waals surface area contributed by atoms with Crippen molar-refractivity contribution in [2.24, 2.45) is 0 Å². The molecular formula is C11H11NO. The average Bonchev–Trinajstić information content (AvgIpc) is 2.18. The lowest BCUT2D eigenvalue weighted by Gasteiger charge is -2.21. The monoisotopic (exact) mass is 173 g/mol. The van der Waals surface area contributed by atoms with Gasteiger partial charge in [0.15, 0.2) is 5.69 Å². The summed E-state index contributed by atoms with van der Waals surface area (Å²) in [7, 11) is 0. The van der Waals surface area contributed by atoms with E-state index in [0.29, 0.717) is 5.69 Å². The molecule has 2 heteroatoms. The molecule has 0 bridgehead atoms. The minimum absolute atomic E-state index is 0.316. The van der Waals surface area contributed by atoms with Crippen molar-refractivity contribution >= 4 is 5.69 Å². The zero-order chi connectivity index (χ0) is 9.26. The van der Waals surface area contributed by atoms with Gasteiger partial charge in [-0.05, 0) is 24.8 Å². The van der Waals surface area contributed by atoms with Crippen molar-refractivity contribution in [2.45, 2.75) is 25.4 Å². The molecule has 1 unspecified atom stereocenters. The second kappa shape index (κ2) is 3.20. The molecule has 0 amide bonds. The van der Waals surface area contributed by atoms with Gasteiger partial charge in [-0.2, -0.15) is 0 Å². The summed E-state index contributed by atoms with van der Waals surface area (Å²) in [6.45, 7) is 6.87. The van der Waals surface area contributed by atoms with E-state index in [9.17, 15) is 5.11 Å². The van der Waals surface area contributed by atoms with Gasteiger partial charge in [0, 0.05) is 0 Å². The van der Waals surface area contributed by atoms with E-state index in [-0.39, 0.29) is 6.10 Å². The molecule has 0 aromatic heterocycles. The first-order valence-corrected chi connectivity index (χ1v) is 4.49. The summed E-state index contributed by atoms with van der Waals surface area (Å²) in [4.78, 5) is 3.37. The van der Waals surface area contributed by atoms with Gasteiger partial charge in [0.1, 0.15) is 0 Å². The van der Waals surface area contributed by atoms with Crippen molar-refractivity contribution in [2.75, 3.05) is 0 Å². The first kappa shape index (κ1) is 8.28. The van der Waals surface area contributed by atoms with Crippen LogP contribution in [0.2, 0.25) is 0 Å². The summed E-state index contributed by atoms with van der Waals surface area (Å²) >= 11 is 0. The Kier molecular flexibility index (Phi) is 2.03.